The van der Waals surface area contributed by atoms with E-state index in [0.29, 0.717) is 79.5 Å². The second-order valence-electron chi connectivity index (χ2n) is 17.4. The molecule has 2 unspecified atom stereocenters. The molecule has 8 rings (SSSR count). The lowest BCUT2D eigenvalue weighted by atomic mass is 10.2. The normalized spacial score (nSPS) is 16.9. The second-order valence-corrected chi connectivity index (χ2v) is 17.4. The van der Waals surface area contributed by atoms with Crippen molar-refractivity contribution in [2.75, 3.05) is 10.6 Å². The number of rotatable bonds is 14. The molecule has 2 aliphatic rings. The molecule has 0 bridgehead atoms. The first-order valence-corrected chi connectivity index (χ1v) is 22.2. The van der Waals surface area contributed by atoms with Crippen molar-refractivity contribution < 1.29 is 5.11 Å². The number of anilines is 2. The molecule has 3 N–H and O–H groups in total. The molecule has 61 heavy (non-hydrogen) atoms. The lowest BCUT2D eigenvalue weighted by Gasteiger charge is -2.18. The van der Waals surface area contributed by atoms with E-state index in [0.717, 1.165) is 43.2 Å². The molecule has 2 aromatic carbocycles. The first-order chi connectivity index (χ1) is 29.4. The van der Waals surface area contributed by atoms with Crippen LogP contribution in [0, 0.1) is 11.8 Å². The second kappa shape index (κ2) is 18.9. The zero-order chi connectivity index (χ0) is 43.4. The number of nitrogens with one attached hydrogen (secondary N) is 2. The van der Waals surface area contributed by atoms with Crippen molar-refractivity contribution in [3.63, 3.8) is 0 Å². The Morgan fingerprint density at radius 2 is 1.03 bits per heavy atom. The number of benzene rings is 2. The number of imidazole rings is 2. The van der Waals surface area contributed by atoms with Crippen molar-refractivity contribution >= 4 is 34.2 Å². The van der Waals surface area contributed by atoms with E-state index in [1.807, 2.05) is 90.6 Å². The Morgan fingerprint density at radius 1 is 0.590 bits per heavy atom. The molecular formula is C46H62N10O5. The van der Waals surface area contributed by atoms with Crippen LogP contribution in [0.3, 0.4) is 0 Å². The van der Waals surface area contributed by atoms with Gasteiger partial charge in [0.1, 0.15) is 0 Å². The van der Waals surface area contributed by atoms with Crippen LogP contribution in [-0.2, 0) is 39.3 Å². The fraction of sp³-hybridized carbons (Fsp3) is 0.522. The number of aromatic nitrogens is 8. The standard InChI is InChI=1S/C23H31N5O3.C23H31N5O2/c1-4-26-21(30)19-20(28(23(26)31)13-15(2)3)25-22(24-17-11-8-12-18(17)29)27(19)14-16-9-6-5-7-10-16;1-4-26-21(29)19-20(28(23(26)30)14-16(2)3)25-22(24-18-12-8-9-13-18)27(19)15-17-10-6-5-7-11-17/h5-7,9-10,15,17-18,29H,4,8,11-14H2,1-3H3,(H,24,25);5-7,10-11,16,18H,4,8-9,12-15H2,1-3H3,(H,24,25). The molecule has 0 spiro atoms. The Morgan fingerprint density at radius 3 is 1.43 bits per heavy atom. The lowest BCUT2D eigenvalue weighted by molar-refractivity contribution is 0.171. The van der Waals surface area contributed by atoms with Crippen LogP contribution >= 0.6 is 0 Å². The zero-order valence-electron chi connectivity index (χ0n) is 36.5. The van der Waals surface area contributed by atoms with E-state index >= 15 is 0 Å². The maximum absolute atomic E-state index is 13.4. The fourth-order valence-corrected chi connectivity index (χ4v) is 8.79. The quantitative estimate of drug-likeness (QED) is 0.122. The average Bonchev–Trinajstić information content (AvgIpc) is 4.05. The molecule has 15 nitrogen and oxygen atoms in total. The molecule has 2 atom stereocenters. The van der Waals surface area contributed by atoms with Gasteiger partial charge in [0.2, 0.25) is 11.9 Å². The molecule has 326 valence electrons. The Labute approximate surface area is 355 Å². The Bertz CT molecular complexity index is 2680. The molecule has 15 heteroatoms. The summed E-state index contributed by atoms with van der Waals surface area (Å²) >= 11 is 0. The number of nitrogens with zero attached hydrogens (tertiary/aromatic N) is 8. The van der Waals surface area contributed by atoms with Crippen LogP contribution in [0.5, 0.6) is 0 Å². The van der Waals surface area contributed by atoms with Gasteiger partial charge in [0.15, 0.2) is 22.3 Å². The van der Waals surface area contributed by atoms with Crippen LogP contribution in [0.2, 0.25) is 0 Å². The predicted molar refractivity (Wildman–Crippen MR) is 242 cm³/mol. The Hall–Kier alpha value is -5.70. The van der Waals surface area contributed by atoms with Crippen molar-refractivity contribution in [2.45, 2.75) is 144 Å². The van der Waals surface area contributed by atoms with Gasteiger partial charge in [-0.25, -0.2) is 9.59 Å². The van der Waals surface area contributed by atoms with Gasteiger partial charge in [-0.05, 0) is 68.9 Å². The van der Waals surface area contributed by atoms with Gasteiger partial charge >= 0.3 is 11.4 Å². The van der Waals surface area contributed by atoms with Crippen LogP contribution in [0.15, 0.2) is 79.8 Å². The van der Waals surface area contributed by atoms with Gasteiger partial charge in [0, 0.05) is 32.2 Å². The van der Waals surface area contributed by atoms with E-state index in [2.05, 4.69) is 24.5 Å². The number of aliphatic hydroxyl groups is 1. The van der Waals surface area contributed by atoms with Crippen molar-refractivity contribution in [3.05, 3.63) is 113 Å². The van der Waals surface area contributed by atoms with E-state index in [9.17, 15) is 24.3 Å². The predicted octanol–water partition coefficient (Wildman–Crippen LogP) is 5.85. The van der Waals surface area contributed by atoms with Crippen molar-refractivity contribution in [1.82, 2.24) is 37.4 Å². The van der Waals surface area contributed by atoms with Crippen molar-refractivity contribution in [1.29, 1.82) is 0 Å². The van der Waals surface area contributed by atoms with Gasteiger partial charge in [0.25, 0.3) is 11.1 Å². The third-order valence-electron chi connectivity index (χ3n) is 11.8. The smallest absolute Gasteiger partial charge is 0.332 e. The molecule has 0 aliphatic heterocycles. The van der Waals surface area contributed by atoms with Crippen LogP contribution in [0.1, 0.15) is 97.6 Å². The zero-order valence-corrected chi connectivity index (χ0v) is 36.5. The van der Waals surface area contributed by atoms with Gasteiger partial charge in [-0.2, -0.15) is 9.97 Å². The highest BCUT2D eigenvalue weighted by Gasteiger charge is 2.29. The maximum Gasteiger partial charge on any atom is 0.332 e. The first kappa shape index (κ1) is 43.4. The van der Waals surface area contributed by atoms with Crippen molar-refractivity contribution in [2.24, 2.45) is 11.8 Å². The summed E-state index contributed by atoms with van der Waals surface area (Å²) in [7, 11) is 0. The largest absolute Gasteiger partial charge is 0.391 e. The minimum atomic E-state index is -0.449. The van der Waals surface area contributed by atoms with Crippen LogP contribution in [0.25, 0.3) is 22.3 Å². The summed E-state index contributed by atoms with van der Waals surface area (Å²) in [4.78, 5) is 62.4. The third kappa shape index (κ3) is 9.17. The molecule has 2 saturated carbocycles. The summed E-state index contributed by atoms with van der Waals surface area (Å²) in [5.41, 5.74) is 2.73. The summed E-state index contributed by atoms with van der Waals surface area (Å²) in [5, 5.41) is 17.3. The number of aliphatic hydroxyl groups excluding tert-OH is 1. The monoisotopic (exact) mass is 834 g/mol. The number of hydrogen-bond acceptors (Lipinski definition) is 9. The summed E-state index contributed by atoms with van der Waals surface area (Å²) in [6, 6.07) is 20.2. The average molecular weight is 835 g/mol. The number of fused-ring (bicyclic) bond motifs is 2. The fourth-order valence-electron chi connectivity index (χ4n) is 8.79. The van der Waals surface area contributed by atoms with E-state index < -0.39 is 6.10 Å². The summed E-state index contributed by atoms with van der Waals surface area (Å²) in [5.74, 6) is 1.69. The molecular weight excluding hydrogens is 773 g/mol. The van der Waals surface area contributed by atoms with E-state index in [4.69, 9.17) is 9.97 Å². The Kier molecular flexibility index (Phi) is 13.5. The molecule has 0 radical (unpaired) electrons. The maximum atomic E-state index is 13.4. The molecule has 6 aromatic rings. The summed E-state index contributed by atoms with van der Waals surface area (Å²) in [6.45, 7) is 14.5. The van der Waals surface area contributed by atoms with Gasteiger partial charge in [-0.15, -0.1) is 0 Å². The van der Waals surface area contributed by atoms with E-state index in [1.165, 1.54) is 22.0 Å². The molecule has 0 saturated heterocycles. The van der Waals surface area contributed by atoms with Gasteiger partial charge < -0.3 is 15.7 Å². The summed E-state index contributed by atoms with van der Waals surface area (Å²) < 4.78 is 9.72. The van der Waals surface area contributed by atoms with E-state index in [-0.39, 0.29) is 40.4 Å². The van der Waals surface area contributed by atoms with Gasteiger partial charge in [-0.1, -0.05) is 101 Å². The highest BCUT2D eigenvalue weighted by Crippen LogP contribution is 2.27. The highest BCUT2D eigenvalue weighted by molar-refractivity contribution is 5.75. The highest BCUT2D eigenvalue weighted by atomic mass is 16.3. The van der Waals surface area contributed by atoms with E-state index in [1.54, 1.807) is 16.1 Å². The number of hydrogen-bond donors (Lipinski definition) is 3. The molecule has 4 heterocycles. The van der Waals surface area contributed by atoms with Crippen molar-refractivity contribution in [3.8, 4) is 0 Å². The van der Waals surface area contributed by atoms with Crippen LogP contribution in [0.4, 0.5) is 11.9 Å². The molecule has 2 fully saturated rings. The van der Waals surface area contributed by atoms with Gasteiger partial charge in [0.05, 0.1) is 25.2 Å². The Balaban J connectivity index is 0.000000184. The molecule has 0 amide bonds. The van der Waals surface area contributed by atoms with Crippen LogP contribution in [-0.4, -0.2) is 60.7 Å². The van der Waals surface area contributed by atoms with Crippen LogP contribution < -0.4 is 33.1 Å². The lowest BCUT2D eigenvalue weighted by Crippen LogP contribution is -2.40. The SMILES string of the molecule is CCn1c(=O)c2c(nc(NC3CCCC3)n2Cc2ccccc2)n(CC(C)C)c1=O.CCn1c(=O)c2c(nc(NC3CCCC3O)n2Cc2ccccc2)n(CC(C)C)c1=O. The van der Waals surface area contributed by atoms with Gasteiger partial charge in [-0.3, -0.25) is 37.0 Å². The minimum absolute atomic E-state index is 0.120. The molecule has 2 aliphatic carbocycles. The summed E-state index contributed by atoms with van der Waals surface area (Å²) in [6.07, 6.45) is 6.70. The minimum Gasteiger partial charge on any atom is -0.391 e. The molecule has 4 aromatic heterocycles. The first-order valence-electron chi connectivity index (χ1n) is 22.2. The third-order valence-corrected chi connectivity index (χ3v) is 11.8. The topological polar surface area (TPSA) is 168 Å².